The molecule has 0 aromatic heterocycles. The van der Waals surface area contributed by atoms with E-state index in [1.165, 1.54) is 0 Å². The van der Waals surface area contributed by atoms with Gasteiger partial charge in [0.25, 0.3) is 0 Å². The van der Waals surface area contributed by atoms with Gasteiger partial charge in [-0.1, -0.05) is 26.8 Å². The van der Waals surface area contributed by atoms with Crippen molar-refractivity contribution in [3.05, 3.63) is 12.3 Å². The van der Waals surface area contributed by atoms with Crippen LogP contribution in [-0.4, -0.2) is 5.11 Å². The molecule has 0 bridgehead atoms. The highest BCUT2D eigenvalue weighted by atomic mass is 16.3. The predicted molar refractivity (Wildman–Crippen MR) is 35.8 cm³/mol. The standard InChI is InChI=1S/C7H14O/c1-4-6(2)5-7(3)8/h6,8H,3-5H2,1-2H3/t6-/m0/s1/i4D,5D/t4-,5-,6+/m1. The van der Waals surface area contributed by atoms with E-state index in [1.54, 1.807) is 13.8 Å². The normalized spacial score (nSPS) is 24.8. The molecule has 0 aliphatic carbocycles. The number of rotatable bonds is 3. The van der Waals surface area contributed by atoms with Crippen LogP contribution in [0.3, 0.4) is 0 Å². The highest BCUT2D eigenvalue weighted by molar-refractivity contribution is 4.80. The minimum absolute atomic E-state index is 0.147. The van der Waals surface area contributed by atoms with Gasteiger partial charge in [0.2, 0.25) is 0 Å². The molecule has 1 N–H and O–H groups in total. The second kappa shape index (κ2) is 3.53. The minimum atomic E-state index is -0.715. The lowest BCUT2D eigenvalue weighted by Gasteiger charge is -2.04. The number of hydrogen-bond acceptors (Lipinski definition) is 1. The van der Waals surface area contributed by atoms with Crippen LogP contribution in [0.25, 0.3) is 0 Å². The summed E-state index contributed by atoms with van der Waals surface area (Å²) in [6.45, 7) is 6.71. The maximum absolute atomic E-state index is 8.77. The fourth-order valence-corrected chi connectivity index (χ4v) is 0.400. The van der Waals surface area contributed by atoms with E-state index in [2.05, 4.69) is 6.58 Å². The summed E-state index contributed by atoms with van der Waals surface area (Å²) in [5.41, 5.74) is 0. The van der Waals surface area contributed by atoms with Gasteiger partial charge in [0.05, 0.1) is 5.76 Å². The predicted octanol–water partition coefficient (Wildman–Crippen LogP) is 2.49. The van der Waals surface area contributed by atoms with Gasteiger partial charge in [-0.15, -0.1) is 0 Å². The third-order valence-electron chi connectivity index (χ3n) is 0.981. The van der Waals surface area contributed by atoms with Crippen LogP contribution in [0.15, 0.2) is 12.3 Å². The van der Waals surface area contributed by atoms with Gasteiger partial charge in [-0.3, -0.25) is 0 Å². The van der Waals surface area contributed by atoms with E-state index in [9.17, 15) is 0 Å². The Kier molecular flexibility index (Phi) is 1.95. The van der Waals surface area contributed by atoms with Crippen molar-refractivity contribution in [3.63, 3.8) is 0 Å². The second-order valence-corrected chi connectivity index (χ2v) is 1.85. The van der Waals surface area contributed by atoms with Crippen molar-refractivity contribution in [1.29, 1.82) is 0 Å². The van der Waals surface area contributed by atoms with E-state index in [-0.39, 0.29) is 18.1 Å². The molecule has 0 unspecified atom stereocenters. The average molecular weight is 116 g/mol. The zero-order valence-electron chi connectivity index (χ0n) is 7.39. The molecule has 0 rings (SSSR count). The molecule has 0 fully saturated rings. The fraction of sp³-hybridized carbons (Fsp3) is 0.714. The van der Waals surface area contributed by atoms with Crippen LogP contribution in [0.4, 0.5) is 0 Å². The molecule has 0 saturated heterocycles. The summed E-state index contributed by atoms with van der Waals surface area (Å²) in [5.74, 6) is -0.302. The molecular weight excluding hydrogens is 100 g/mol. The van der Waals surface area contributed by atoms with Gasteiger partial charge >= 0.3 is 0 Å². The molecule has 3 atom stereocenters. The van der Waals surface area contributed by atoms with Crippen molar-refractivity contribution in [2.75, 3.05) is 0 Å². The van der Waals surface area contributed by atoms with Gasteiger partial charge in [-0.25, -0.2) is 0 Å². The van der Waals surface area contributed by atoms with Gasteiger partial charge < -0.3 is 5.11 Å². The lowest BCUT2D eigenvalue weighted by Crippen LogP contribution is -1.92. The molecule has 1 nitrogen and oxygen atoms in total. The number of hydrogen-bond donors (Lipinski definition) is 1. The molecule has 0 heterocycles. The first-order chi connectivity index (χ1) is 4.46. The molecule has 8 heavy (non-hydrogen) atoms. The molecule has 0 amide bonds. The Morgan fingerprint density at radius 1 is 2.00 bits per heavy atom. The van der Waals surface area contributed by atoms with E-state index < -0.39 is 6.40 Å². The minimum Gasteiger partial charge on any atom is -0.513 e. The van der Waals surface area contributed by atoms with E-state index in [4.69, 9.17) is 7.85 Å². The maximum Gasteiger partial charge on any atom is 0.0853 e. The number of aliphatic hydroxyl groups excluding tert-OH is 1. The van der Waals surface area contributed by atoms with Crippen molar-refractivity contribution in [3.8, 4) is 0 Å². The Balaban J connectivity index is 3.94. The summed E-state index contributed by atoms with van der Waals surface area (Å²) in [6.07, 6.45) is -1.04. The highest BCUT2D eigenvalue weighted by Gasteiger charge is 1.97. The monoisotopic (exact) mass is 116 g/mol. The van der Waals surface area contributed by atoms with E-state index >= 15 is 0 Å². The Labute approximate surface area is 53.8 Å². The van der Waals surface area contributed by atoms with Crippen molar-refractivity contribution < 1.29 is 7.85 Å². The van der Waals surface area contributed by atoms with Crippen molar-refractivity contribution in [1.82, 2.24) is 0 Å². The Morgan fingerprint density at radius 2 is 2.50 bits per heavy atom. The summed E-state index contributed by atoms with van der Waals surface area (Å²) in [5, 5.41) is 8.77. The largest absolute Gasteiger partial charge is 0.513 e. The lowest BCUT2D eigenvalue weighted by atomic mass is 10.1. The molecule has 0 spiro atoms. The van der Waals surface area contributed by atoms with Crippen LogP contribution in [0.5, 0.6) is 0 Å². The van der Waals surface area contributed by atoms with Crippen LogP contribution in [0.1, 0.15) is 29.4 Å². The quantitative estimate of drug-likeness (QED) is 0.562. The zero-order valence-corrected chi connectivity index (χ0v) is 5.39. The zero-order chi connectivity index (χ0) is 8.31. The molecule has 48 valence electrons. The van der Waals surface area contributed by atoms with Crippen LogP contribution >= 0.6 is 0 Å². The van der Waals surface area contributed by atoms with E-state index in [0.29, 0.717) is 0 Å². The molecule has 0 aliphatic rings. The van der Waals surface area contributed by atoms with E-state index in [0.717, 1.165) is 0 Å². The van der Waals surface area contributed by atoms with Gasteiger partial charge in [-0.05, 0) is 5.92 Å². The fourth-order valence-electron chi connectivity index (χ4n) is 0.400. The third-order valence-corrected chi connectivity index (χ3v) is 0.981. The lowest BCUT2D eigenvalue weighted by molar-refractivity contribution is 0.357. The maximum atomic E-state index is 8.77. The first kappa shape index (κ1) is 4.42. The number of aliphatic hydroxyl groups is 1. The van der Waals surface area contributed by atoms with Gasteiger partial charge in [0.1, 0.15) is 0 Å². The average Bonchev–Trinajstić information content (AvgIpc) is 1.84. The third kappa shape index (κ3) is 3.72. The topological polar surface area (TPSA) is 20.2 Å². The van der Waals surface area contributed by atoms with Crippen LogP contribution < -0.4 is 0 Å². The Bertz CT molecular complexity index is 123. The van der Waals surface area contributed by atoms with Crippen LogP contribution in [0.2, 0.25) is 0 Å². The van der Waals surface area contributed by atoms with Crippen molar-refractivity contribution >= 4 is 0 Å². The van der Waals surface area contributed by atoms with Crippen molar-refractivity contribution in [2.24, 2.45) is 5.92 Å². The summed E-state index contributed by atoms with van der Waals surface area (Å²) in [4.78, 5) is 0. The van der Waals surface area contributed by atoms with Gasteiger partial charge in [-0.2, -0.15) is 0 Å². The first-order valence-corrected chi connectivity index (χ1v) is 2.69. The van der Waals surface area contributed by atoms with Crippen LogP contribution in [-0.2, 0) is 0 Å². The second-order valence-electron chi connectivity index (χ2n) is 1.85. The summed E-state index contributed by atoms with van der Waals surface area (Å²) in [6, 6.07) is 0. The summed E-state index contributed by atoms with van der Waals surface area (Å²) < 4.78 is 14.5. The molecule has 0 aromatic carbocycles. The molecular formula is C7H14O. The Hall–Kier alpha value is -0.460. The molecule has 0 radical (unpaired) electrons. The summed E-state index contributed by atoms with van der Waals surface area (Å²) >= 11 is 0. The van der Waals surface area contributed by atoms with Gasteiger partial charge in [0.15, 0.2) is 0 Å². The molecule has 1 heteroatoms. The summed E-state index contributed by atoms with van der Waals surface area (Å²) in [7, 11) is 0. The Morgan fingerprint density at radius 3 is 2.62 bits per heavy atom. The van der Waals surface area contributed by atoms with Crippen molar-refractivity contribution in [2.45, 2.75) is 26.6 Å². The molecule has 0 aromatic rings. The van der Waals surface area contributed by atoms with Crippen LogP contribution in [0, 0.1) is 5.92 Å². The smallest absolute Gasteiger partial charge is 0.0853 e. The SMILES string of the molecule is [2H][C@H](C)[C@H](C)[C@@H]([2H])C(=C)O. The van der Waals surface area contributed by atoms with Gasteiger partial charge in [0, 0.05) is 9.14 Å². The molecule has 0 aliphatic heterocycles. The first-order valence-electron chi connectivity index (χ1n) is 3.84. The van der Waals surface area contributed by atoms with E-state index in [1.807, 2.05) is 0 Å². The number of allylic oxidation sites excluding steroid dienone is 1. The highest BCUT2D eigenvalue weighted by Crippen LogP contribution is 2.09. The molecule has 0 saturated carbocycles.